The molecule has 108 valence electrons. The Kier molecular flexibility index (Phi) is 6.15. The zero-order valence-electron chi connectivity index (χ0n) is 10.8. The first-order valence-electron chi connectivity index (χ1n) is 6.12. The van der Waals surface area contributed by atoms with Gasteiger partial charge >= 0.3 is 11.9 Å². The van der Waals surface area contributed by atoms with Crippen molar-refractivity contribution in [1.82, 2.24) is 10.3 Å². The maximum atomic E-state index is 11.6. The molecule has 1 unspecified atom stereocenters. The number of carboxylic acid groups (broad SMARTS) is 2. The van der Waals surface area contributed by atoms with Crippen molar-refractivity contribution in [3.8, 4) is 0 Å². The predicted octanol–water partition coefficient (Wildman–Crippen LogP) is 0.448. The van der Waals surface area contributed by atoms with E-state index in [1.54, 1.807) is 18.5 Å². The molecule has 1 heterocycles. The number of hydrogen-bond acceptors (Lipinski definition) is 4. The number of pyridine rings is 1. The molecular formula is C13H16N2O5. The highest BCUT2D eigenvalue weighted by Crippen LogP contribution is 2.02. The van der Waals surface area contributed by atoms with Gasteiger partial charge < -0.3 is 15.5 Å². The Morgan fingerprint density at radius 3 is 2.55 bits per heavy atom. The Bertz CT molecular complexity index is 475. The molecule has 0 aliphatic heterocycles. The van der Waals surface area contributed by atoms with E-state index in [2.05, 4.69) is 10.3 Å². The second kappa shape index (κ2) is 7.88. The van der Waals surface area contributed by atoms with Crippen LogP contribution < -0.4 is 5.32 Å². The number of carbonyl (C=O) groups is 3. The van der Waals surface area contributed by atoms with Crippen LogP contribution in [0.3, 0.4) is 0 Å². The Labute approximate surface area is 115 Å². The number of hydrogen-bond donors (Lipinski definition) is 3. The molecule has 3 N–H and O–H groups in total. The number of nitrogens with zero attached hydrogens (tertiary/aromatic N) is 1. The molecule has 1 aromatic heterocycles. The van der Waals surface area contributed by atoms with E-state index in [0.29, 0.717) is 6.42 Å². The number of aliphatic carboxylic acids is 2. The molecule has 1 amide bonds. The van der Waals surface area contributed by atoms with Crippen LogP contribution in [0, 0.1) is 0 Å². The minimum atomic E-state index is -1.24. The van der Waals surface area contributed by atoms with Crippen LogP contribution in [0.4, 0.5) is 0 Å². The van der Waals surface area contributed by atoms with E-state index in [9.17, 15) is 14.4 Å². The fourth-order valence-corrected chi connectivity index (χ4v) is 1.60. The highest BCUT2D eigenvalue weighted by atomic mass is 16.4. The first kappa shape index (κ1) is 15.6. The summed E-state index contributed by atoms with van der Waals surface area (Å²) in [6.07, 6.45) is 3.39. The average Bonchev–Trinajstić information content (AvgIpc) is 2.41. The summed E-state index contributed by atoms with van der Waals surface area (Å²) in [7, 11) is 0. The maximum absolute atomic E-state index is 11.6. The lowest BCUT2D eigenvalue weighted by Crippen LogP contribution is -2.41. The van der Waals surface area contributed by atoms with Crippen molar-refractivity contribution in [3.05, 3.63) is 30.1 Å². The summed E-state index contributed by atoms with van der Waals surface area (Å²) in [5, 5.41) is 19.7. The summed E-state index contributed by atoms with van der Waals surface area (Å²) in [5.74, 6) is -2.76. The Morgan fingerprint density at radius 1 is 1.25 bits per heavy atom. The van der Waals surface area contributed by atoms with Crippen molar-refractivity contribution in [2.75, 3.05) is 0 Å². The third-order valence-corrected chi connectivity index (χ3v) is 2.64. The second-order valence-electron chi connectivity index (χ2n) is 4.25. The zero-order valence-corrected chi connectivity index (χ0v) is 10.8. The third-order valence-electron chi connectivity index (χ3n) is 2.64. The molecule has 0 saturated carbocycles. The summed E-state index contributed by atoms with van der Waals surface area (Å²) in [6, 6.07) is 2.40. The molecule has 1 aromatic rings. The molecular weight excluding hydrogens is 264 g/mol. The Balaban J connectivity index is 2.41. The van der Waals surface area contributed by atoms with Gasteiger partial charge in [-0.2, -0.15) is 0 Å². The fourth-order valence-electron chi connectivity index (χ4n) is 1.60. The molecule has 0 aliphatic rings. The number of aryl methyl sites for hydroxylation is 1. The van der Waals surface area contributed by atoms with Crippen molar-refractivity contribution in [2.24, 2.45) is 0 Å². The van der Waals surface area contributed by atoms with Crippen LogP contribution in [0.2, 0.25) is 0 Å². The number of carbonyl (C=O) groups excluding carboxylic acids is 1. The van der Waals surface area contributed by atoms with E-state index in [4.69, 9.17) is 10.2 Å². The van der Waals surface area contributed by atoms with Gasteiger partial charge in [-0.3, -0.25) is 14.6 Å². The van der Waals surface area contributed by atoms with Gasteiger partial charge in [-0.1, -0.05) is 6.07 Å². The minimum absolute atomic E-state index is 0.128. The van der Waals surface area contributed by atoms with Crippen LogP contribution in [-0.2, 0) is 20.8 Å². The van der Waals surface area contributed by atoms with Crippen LogP contribution in [0.1, 0.15) is 24.8 Å². The molecule has 20 heavy (non-hydrogen) atoms. The second-order valence-corrected chi connectivity index (χ2v) is 4.25. The van der Waals surface area contributed by atoms with Crippen molar-refractivity contribution < 1.29 is 24.6 Å². The number of aromatic nitrogens is 1. The molecule has 7 heteroatoms. The topological polar surface area (TPSA) is 117 Å². The van der Waals surface area contributed by atoms with Crippen LogP contribution in [0.5, 0.6) is 0 Å². The summed E-state index contributed by atoms with van der Waals surface area (Å²) < 4.78 is 0. The van der Waals surface area contributed by atoms with Crippen LogP contribution in [0.15, 0.2) is 24.5 Å². The molecule has 0 bridgehead atoms. The van der Waals surface area contributed by atoms with Crippen LogP contribution in [0.25, 0.3) is 0 Å². The number of amides is 1. The SMILES string of the molecule is O=C(O)CCC(NC(=O)CCc1cccnc1)C(=O)O. The van der Waals surface area contributed by atoms with Crippen molar-refractivity contribution >= 4 is 17.8 Å². The average molecular weight is 280 g/mol. The highest BCUT2D eigenvalue weighted by Gasteiger charge is 2.20. The molecule has 7 nitrogen and oxygen atoms in total. The van der Waals surface area contributed by atoms with Gasteiger partial charge in [0.25, 0.3) is 0 Å². The van der Waals surface area contributed by atoms with E-state index in [-0.39, 0.29) is 19.3 Å². The van der Waals surface area contributed by atoms with E-state index in [1.807, 2.05) is 6.07 Å². The first-order valence-corrected chi connectivity index (χ1v) is 6.12. The van der Waals surface area contributed by atoms with E-state index < -0.39 is 23.9 Å². The number of carboxylic acids is 2. The molecule has 0 fully saturated rings. The molecule has 0 saturated heterocycles. The van der Waals surface area contributed by atoms with Crippen molar-refractivity contribution in [1.29, 1.82) is 0 Å². The summed E-state index contributed by atoms with van der Waals surface area (Å²) >= 11 is 0. The largest absolute Gasteiger partial charge is 0.481 e. The monoisotopic (exact) mass is 280 g/mol. The van der Waals surface area contributed by atoms with Crippen LogP contribution in [-0.4, -0.2) is 39.1 Å². The molecule has 0 radical (unpaired) electrons. The van der Waals surface area contributed by atoms with Gasteiger partial charge in [-0.25, -0.2) is 4.79 Å². The first-order chi connectivity index (χ1) is 9.49. The number of nitrogens with one attached hydrogen (secondary N) is 1. The third kappa shape index (κ3) is 5.94. The highest BCUT2D eigenvalue weighted by molar-refractivity contribution is 5.84. The molecule has 1 atom stereocenters. The van der Waals surface area contributed by atoms with E-state index in [1.165, 1.54) is 0 Å². The normalized spacial score (nSPS) is 11.6. The lowest BCUT2D eigenvalue weighted by atomic mass is 10.1. The van der Waals surface area contributed by atoms with Crippen molar-refractivity contribution in [3.63, 3.8) is 0 Å². The van der Waals surface area contributed by atoms with Gasteiger partial charge in [0.15, 0.2) is 0 Å². The quantitative estimate of drug-likeness (QED) is 0.636. The van der Waals surface area contributed by atoms with Crippen LogP contribution >= 0.6 is 0 Å². The smallest absolute Gasteiger partial charge is 0.326 e. The van der Waals surface area contributed by atoms with Gasteiger partial charge in [-0.05, 0) is 24.5 Å². The minimum Gasteiger partial charge on any atom is -0.481 e. The molecule has 0 spiro atoms. The summed E-state index contributed by atoms with van der Waals surface area (Å²) in [4.78, 5) is 36.9. The lowest BCUT2D eigenvalue weighted by Gasteiger charge is -2.13. The van der Waals surface area contributed by atoms with Crippen molar-refractivity contribution in [2.45, 2.75) is 31.7 Å². The Hall–Kier alpha value is -2.44. The maximum Gasteiger partial charge on any atom is 0.326 e. The fraction of sp³-hybridized carbons (Fsp3) is 0.385. The van der Waals surface area contributed by atoms with E-state index in [0.717, 1.165) is 5.56 Å². The molecule has 0 aromatic carbocycles. The lowest BCUT2D eigenvalue weighted by molar-refractivity contribution is -0.143. The standard InChI is InChI=1S/C13H16N2O5/c16-11(5-3-9-2-1-7-14-8-9)15-10(13(19)20)4-6-12(17)18/h1-2,7-8,10H,3-6H2,(H,15,16)(H,17,18)(H,19,20). The van der Waals surface area contributed by atoms with Gasteiger partial charge in [0, 0.05) is 25.2 Å². The Morgan fingerprint density at radius 2 is 2.00 bits per heavy atom. The van der Waals surface area contributed by atoms with E-state index >= 15 is 0 Å². The molecule has 1 rings (SSSR count). The van der Waals surface area contributed by atoms with Gasteiger partial charge in [0.1, 0.15) is 6.04 Å². The zero-order chi connectivity index (χ0) is 15.0. The summed E-state index contributed by atoms with van der Waals surface area (Å²) in [5.41, 5.74) is 0.875. The van der Waals surface area contributed by atoms with Gasteiger partial charge in [-0.15, -0.1) is 0 Å². The predicted molar refractivity (Wildman–Crippen MR) is 69.0 cm³/mol. The number of rotatable bonds is 8. The van der Waals surface area contributed by atoms with Gasteiger partial charge in [0.05, 0.1) is 0 Å². The van der Waals surface area contributed by atoms with Gasteiger partial charge in [0.2, 0.25) is 5.91 Å². The molecule has 0 aliphatic carbocycles. The summed E-state index contributed by atoms with van der Waals surface area (Å²) in [6.45, 7) is 0.